The molecule has 224 valence electrons. The Hall–Kier alpha value is -3.04. The van der Waals surface area contributed by atoms with E-state index in [0.717, 1.165) is 5.56 Å². The third-order valence-corrected chi connectivity index (χ3v) is 6.76. The first kappa shape index (κ1) is 32.5. The Morgan fingerprint density at radius 2 is 1.49 bits per heavy atom. The number of hydrogen-bond acceptors (Lipinski definition) is 5. The van der Waals surface area contributed by atoms with Crippen molar-refractivity contribution in [1.82, 2.24) is 5.32 Å². The molecule has 2 N–H and O–H groups in total. The number of morpholine rings is 1. The molecule has 0 saturated carbocycles. The lowest BCUT2D eigenvalue weighted by atomic mass is 10.0. The SMILES string of the molecule is Cc1ccc(S(=O)(=O)O)cc1.Fc1ccc([C@H]2NCCO[C@@H]2OCCc2cc(C(F)(F)F)cc(C(F)(F)F)c2)cc1. The predicted molar refractivity (Wildman–Crippen MR) is 134 cm³/mol. The largest absolute Gasteiger partial charge is 0.416 e. The summed E-state index contributed by atoms with van der Waals surface area (Å²) in [6.45, 7) is 2.49. The standard InChI is InChI=1S/C20H18F7NO2.C7H8O3S/c21-16-3-1-13(2-4-16)17-18(30-8-6-28-17)29-7-5-12-9-14(19(22,23)24)11-15(10-12)20(25,26)27;1-6-2-4-7(5-3-6)11(8,9)10/h1-4,9-11,17-18,28H,5-8H2;2-5H,1H3,(H,8,9,10)/t17-,18+;/m1./s1. The van der Waals surface area contributed by atoms with Crippen LogP contribution in [0.25, 0.3) is 0 Å². The van der Waals surface area contributed by atoms with Gasteiger partial charge >= 0.3 is 12.4 Å². The maximum absolute atomic E-state index is 13.1. The Labute approximate surface area is 231 Å². The first-order valence-corrected chi connectivity index (χ1v) is 13.5. The van der Waals surface area contributed by atoms with Crippen LogP contribution in [0.5, 0.6) is 0 Å². The van der Waals surface area contributed by atoms with Crippen LogP contribution in [0, 0.1) is 12.7 Å². The number of rotatable bonds is 6. The summed E-state index contributed by atoms with van der Waals surface area (Å²) >= 11 is 0. The van der Waals surface area contributed by atoms with Crippen LogP contribution in [0.4, 0.5) is 30.7 Å². The average Bonchev–Trinajstić information content (AvgIpc) is 2.88. The van der Waals surface area contributed by atoms with Crippen LogP contribution in [0.1, 0.15) is 33.9 Å². The monoisotopic (exact) mass is 609 g/mol. The highest BCUT2D eigenvalue weighted by atomic mass is 32.2. The van der Waals surface area contributed by atoms with Gasteiger partial charge in [-0.2, -0.15) is 34.8 Å². The van der Waals surface area contributed by atoms with E-state index in [4.69, 9.17) is 14.0 Å². The van der Waals surface area contributed by atoms with Gasteiger partial charge in [-0.05, 0) is 66.9 Å². The van der Waals surface area contributed by atoms with Gasteiger partial charge in [-0.1, -0.05) is 29.8 Å². The number of benzene rings is 3. The van der Waals surface area contributed by atoms with Crippen molar-refractivity contribution in [1.29, 1.82) is 0 Å². The molecule has 6 nitrogen and oxygen atoms in total. The minimum Gasteiger partial charge on any atom is -0.350 e. The van der Waals surface area contributed by atoms with Crippen LogP contribution < -0.4 is 5.32 Å². The third kappa shape index (κ3) is 9.78. The summed E-state index contributed by atoms with van der Waals surface area (Å²) in [5, 5.41) is 3.14. The molecule has 0 radical (unpaired) electrons. The summed E-state index contributed by atoms with van der Waals surface area (Å²) < 4.78 is 132. The van der Waals surface area contributed by atoms with E-state index in [2.05, 4.69) is 5.32 Å². The van der Waals surface area contributed by atoms with E-state index in [1.807, 2.05) is 6.92 Å². The molecule has 0 aliphatic carbocycles. The van der Waals surface area contributed by atoms with Gasteiger partial charge < -0.3 is 14.8 Å². The molecular formula is C27H26F7NO5S. The molecule has 41 heavy (non-hydrogen) atoms. The first-order valence-electron chi connectivity index (χ1n) is 12.1. The Morgan fingerprint density at radius 1 is 0.927 bits per heavy atom. The molecule has 1 aliphatic rings. The summed E-state index contributed by atoms with van der Waals surface area (Å²) in [7, 11) is -4.02. The number of halogens is 7. The molecule has 1 fully saturated rings. The molecule has 0 bridgehead atoms. The molecule has 0 unspecified atom stereocenters. The molecule has 14 heteroatoms. The zero-order valence-corrected chi connectivity index (χ0v) is 22.3. The number of hydrogen-bond donors (Lipinski definition) is 2. The van der Waals surface area contributed by atoms with E-state index in [0.29, 0.717) is 30.8 Å². The van der Waals surface area contributed by atoms with Crippen molar-refractivity contribution < 1.29 is 53.2 Å². The van der Waals surface area contributed by atoms with E-state index in [-0.39, 0.29) is 29.6 Å². The first-order chi connectivity index (χ1) is 19.0. The lowest BCUT2D eigenvalue weighted by molar-refractivity contribution is -0.177. The Balaban J connectivity index is 0.000000352. The van der Waals surface area contributed by atoms with Gasteiger partial charge in [-0.3, -0.25) is 4.55 Å². The van der Waals surface area contributed by atoms with Gasteiger partial charge in [-0.15, -0.1) is 0 Å². The molecule has 0 spiro atoms. The molecule has 3 aromatic rings. The zero-order valence-electron chi connectivity index (χ0n) is 21.5. The van der Waals surface area contributed by atoms with Gasteiger partial charge in [0, 0.05) is 6.54 Å². The predicted octanol–water partition coefficient (Wildman–Crippen LogP) is 6.35. The van der Waals surface area contributed by atoms with Crippen molar-refractivity contribution >= 4 is 10.1 Å². The van der Waals surface area contributed by atoms with Crippen LogP contribution >= 0.6 is 0 Å². The summed E-state index contributed by atoms with van der Waals surface area (Å²) in [6, 6.07) is 12.6. The fourth-order valence-electron chi connectivity index (χ4n) is 3.84. The number of aryl methyl sites for hydroxylation is 1. The number of ether oxygens (including phenoxy) is 2. The van der Waals surface area contributed by atoms with Crippen molar-refractivity contribution in [2.75, 3.05) is 19.8 Å². The fourth-order valence-corrected chi connectivity index (χ4v) is 4.32. The molecule has 0 aromatic heterocycles. The number of alkyl halides is 6. The second-order valence-electron chi connectivity index (χ2n) is 9.05. The summed E-state index contributed by atoms with van der Waals surface area (Å²) in [6.07, 6.45) is -10.8. The number of nitrogens with one attached hydrogen (secondary N) is 1. The maximum Gasteiger partial charge on any atom is 0.416 e. The second kappa shape index (κ2) is 13.3. The molecule has 4 rings (SSSR count). The van der Waals surface area contributed by atoms with Crippen LogP contribution in [0.15, 0.2) is 71.6 Å². The smallest absolute Gasteiger partial charge is 0.350 e. The second-order valence-corrected chi connectivity index (χ2v) is 10.5. The molecule has 3 aromatic carbocycles. The summed E-state index contributed by atoms with van der Waals surface area (Å²) in [4.78, 5) is -0.0666. The van der Waals surface area contributed by atoms with E-state index in [9.17, 15) is 39.2 Å². The Bertz CT molecular complexity index is 1360. The van der Waals surface area contributed by atoms with E-state index in [1.165, 1.54) is 24.3 Å². The summed E-state index contributed by atoms with van der Waals surface area (Å²) in [5.41, 5.74) is -1.25. The van der Waals surface area contributed by atoms with Gasteiger partial charge in [0.2, 0.25) is 0 Å². The van der Waals surface area contributed by atoms with Crippen LogP contribution in [-0.4, -0.2) is 39.0 Å². The highest BCUT2D eigenvalue weighted by molar-refractivity contribution is 7.85. The minimum absolute atomic E-state index is 0.0666. The van der Waals surface area contributed by atoms with Crippen LogP contribution in [0.3, 0.4) is 0 Å². The quantitative estimate of drug-likeness (QED) is 0.250. The highest BCUT2D eigenvalue weighted by Crippen LogP contribution is 2.36. The fraction of sp³-hybridized carbons (Fsp3) is 0.333. The molecule has 2 atom stereocenters. The Kier molecular flexibility index (Phi) is 10.5. The van der Waals surface area contributed by atoms with Crippen molar-refractivity contribution in [3.05, 3.63) is 100 Å². The third-order valence-electron chi connectivity index (χ3n) is 5.89. The van der Waals surface area contributed by atoms with E-state index < -0.39 is 51.7 Å². The Morgan fingerprint density at radius 3 is 2.00 bits per heavy atom. The van der Waals surface area contributed by atoms with Gasteiger partial charge in [0.25, 0.3) is 10.1 Å². The van der Waals surface area contributed by atoms with Crippen LogP contribution in [0.2, 0.25) is 0 Å². The van der Waals surface area contributed by atoms with Gasteiger partial charge in [0.05, 0.1) is 35.3 Å². The molecule has 1 heterocycles. The topological polar surface area (TPSA) is 84.9 Å². The van der Waals surface area contributed by atoms with E-state index in [1.54, 1.807) is 24.3 Å². The summed E-state index contributed by atoms with van der Waals surface area (Å²) in [5.74, 6) is -0.419. The lowest BCUT2D eigenvalue weighted by Crippen LogP contribution is -2.43. The van der Waals surface area contributed by atoms with Crippen LogP contribution in [-0.2, 0) is 38.4 Å². The normalized spacial score (nSPS) is 18.0. The average molecular weight is 610 g/mol. The van der Waals surface area contributed by atoms with E-state index >= 15 is 0 Å². The molecule has 0 amide bonds. The minimum atomic E-state index is -4.90. The van der Waals surface area contributed by atoms with Crippen molar-refractivity contribution in [3.63, 3.8) is 0 Å². The van der Waals surface area contributed by atoms with Crippen molar-refractivity contribution in [2.24, 2.45) is 0 Å². The van der Waals surface area contributed by atoms with Gasteiger partial charge in [0.1, 0.15) is 5.82 Å². The molecule has 1 aliphatic heterocycles. The molecule has 1 saturated heterocycles. The molecular weight excluding hydrogens is 583 g/mol. The highest BCUT2D eigenvalue weighted by Gasteiger charge is 2.37. The van der Waals surface area contributed by atoms with Gasteiger partial charge in [-0.25, -0.2) is 4.39 Å². The maximum atomic E-state index is 13.1. The zero-order chi connectivity index (χ0) is 30.4. The van der Waals surface area contributed by atoms with Gasteiger partial charge in [0.15, 0.2) is 6.29 Å². The van der Waals surface area contributed by atoms with Crippen molar-refractivity contribution in [2.45, 2.75) is 42.9 Å². The lowest BCUT2D eigenvalue weighted by Gasteiger charge is -2.33. The van der Waals surface area contributed by atoms with Crippen molar-refractivity contribution in [3.8, 4) is 0 Å².